The van der Waals surface area contributed by atoms with Gasteiger partial charge in [0.05, 0.1) is 6.61 Å². The zero-order valence-electron chi connectivity index (χ0n) is 16.0. The molecule has 0 bridgehead atoms. The number of unbranched alkanes of at least 4 members (excludes halogenated alkanes) is 1. The van der Waals surface area contributed by atoms with Gasteiger partial charge in [0.25, 0.3) is 0 Å². The van der Waals surface area contributed by atoms with Gasteiger partial charge in [-0.1, -0.05) is 17.7 Å². The first-order chi connectivity index (χ1) is 12.6. The lowest BCUT2D eigenvalue weighted by Crippen LogP contribution is -2.47. The Labute approximate surface area is 156 Å². The van der Waals surface area contributed by atoms with E-state index in [-0.39, 0.29) is 5.91 Å². The lowest BCUT2D eigenvalue weighted by molar-refractivity contribution is -0.119. The Hall–Kier alpha value is -2.24. The van der Waals surface area contributed by atoms with Crippen molar-refractivity contribution in [3.8, 4) is 5.75 Å². The van der Waals surface area contributed by atoms with E-state index in [1.807, 2.05) is 12.1 Å². The second kappa shape index (κ2) is 10.7. The number of amides is 1. The number of primary amides is 1. The number of rotatable bonds is 8. The quantitative estimate of drug-likeness (QED) is 0.424. The minimum Gasteiger partial charge on any atom is -0.494 e. The van der Waals surface area contributed by atoms with Gasteiger partial charge >= 0.3 is 0 Å². The topological polar surface area (TPSA) is 80.0 Å². The summed E-state index contributed by atoms with van der Waals surface area (Å²) in [6, 6.07) is 8.14. The Balaban J connectivity index is 1.64. The molecule has 3 N–H and O–H groups in total. The van der Waals surface area contributed by atoms with Gasteiger partial charge in [0.2, 0.25) is 5.91 Å². The van der Waals surface area contributed by atoms with Gasteiger partial charge in [0.1, 0.15) is 5.75 Å². The second-order valence-electron chi connectivity index (χ2n) is 6.97. The number of aryl methyl sites for hydroxylation is 1. The van der Waals surface area contributed by atoms with Crippen LogP contribution in [0.25, 0.3) is 0 Å². The number of nitrogens with two attached hydrogens (primary N) is 1. The molecular weight excluding hydrogens is 328 g/mol. The summed E-state index contributed by atoms with van der Waals surface area (Å²) in [6.45, 7) is 5.47. The highest BCUT2D eigenvalue weighted by Gasteiger charge is 2.23. The second-order valence-corrected chi connectivity index (χ2v) is 6.97. The fraction of sp³-hybridized carbons (Fsp3) is 0.600. The van der Waals surface area contributed by atoms with E-state index in [2.05, 4.69) is 34.3 Å². The van der Waals surface area contributed by atoms with E-state index in [1.54, 1.807) is 7.05 Å². The molecule has 26 heavy (non-hydrogen) atoms. The smallest absolute Gasteiger partial charge is 0.217 e. The zero-order valence-corrected chi connectivity index (χ0v) is 16.0. The van der Waals surface area contributed by atoms with Gasteiger partial charge in [-0.3, -0.25) is 9.79 Å². The van der Waals surface area contributed by atoms with Crippen LogP contribution in [-0.4, -0.2) is 50.1 Å². The zero-order chi connectivity index (χ0) is 18.8. The molecule has 1 heterocycles. The van der Waals surface area contributed by atoms with Crippen LogP contribution in [0.15, 0.2) is 29.3 Å². The Morgan fingerprint density at radius 1 is 1.35 bits per heavy atom. The van der Waals surface area contributed by atoms with E-state index in [0.29, 0.717) is 18.9 Å². The van der Waals surface area contributed by atoms with Crippen molar-refractivity contribution in [3.05, 3.63) is 29.8 Å². The molecule has 0 aromatic heterocycles. The highest BCUT2D eigenvalue weighted by Crippen LogP contribution is 2.19. The van der Waals surface area contributed by atoms with Crippen LogP contribution < -0.4 is 15.8 Å². The third kappa shape index (κ3) is 6.94. The van der Waals surface area contributed by atoms with E-state index < -0.39 is 0 Å². The third-order valence-electron chi connectivity index (χ3n) is 4.66. The van der Waals surface area contributed by atoms with Crippen LogP contribution in [0.2, 0.25) is 0 Å². The number of likely N-dealkylation sites (tertiary alicyclic amines) is 1. The first-order valence-corrected chi connectivity index (χ1v) is 9.52. The molecule has 1 fully saturated rings. The van der Waals surface area contributed by atoms with Crippen molar-refractivity contribution in [2.45, 2.75) is 39.0 Å². The molecule has 6 nitrogen and oxygen atoms in total. The Morgan fingerprint density at radius 2 is 2.12 bits per heavy atom. The Morgan fingerprint density at radius 3 is 2.81 bits per heavy atom. The van der Waals surface area contributed by atoms with E-state index in [9.17, 15) is 4.79 Å². The summed E-state index contributed by atoms with van der Waals surface area (Å²) >= 11 is 0. The largest absolute Gasteiger partial charge is 0.494 e. The van der Waals surface area contributed by atoms with Gasteiger partial charge in [-0.15, -0.1) is 0 Å². The maximum atomic E-state index is 11.2. The molecule has 1 amide bonds. The van der Waals surface area contributed by atoms with Gasteiger partial charge < -0.3 is 20.7 Å². The van der Waals surface area contributed by atoms with E-state index in [1.165, 1.54) is 5.56 Å². The molecule has 6 heteroatoms. The average Bonchev–Trinajstić information content (AvgIpc) is 2.62. The van der Waals surface area contributed by atoms with Gasteiger partial charge in [-0.2, -0.15) is 0 Å². The van der Waals surface area contributed by atoms with Crippen LogP contribution in [0.1, 0.15) is 37.7 Å². The number of aliphatic imine (C=N–C) groups is 1. The van der Waals surface area contributed by atoms with Crippen molar-refractivity contribution >= 4 is 11.9 Å². The summed E-state index contributed by atoms with van der Waals surface area (Å²) in [4.78, 5) is 17.8. The van der Waals surface area contributed by atoms with Crippen LogP contribution in [-0.2, 0) is 4.79 Å². The highest BCUT2D eigenvalue weighted by atomic mass is 16.5. The van der Waals surface area contributed by atoms with Gasteiger partial charge in [0, 0.05) is 33.1 Å². The number of ether oxygens (including phenoxy) is 1. The summed E-state index contributed by atoms with van der Waals surface area (Å²) < 4.78 is 5.75. The molecule has 1 atom stereocenters. The number of nitrogens with zero attached hydrogens (tertiary/aromatic N) is 2. The SMILES string of the molecule is CN=C(NCCCCOc1ccc(C)cc1)N1CCCC(CC(N)=O)C1. The molecule has 144 valence electrons. The Kier molecular flexibility index (Phi) is 8.25. The molecule has 1 aromatic carbocycles. The molecule has 1 unspecified atom stereocenters. The minimum atomic E-state index is -0.214. The van der Waals surface area contributed by atoms with Gasteiger partial charge in [-0.05, 0) is 50.7 Å². The number of hydrogen-bond donors (Lipinski definition) is 2. The van der Waals surface area contributed by atoms with Crippen molar-refractivity contribution in [1.82, 2.24) is 10.2 Å². The molecule has 0 aliphatic carbocycles. The summed E-state index contributed by atoms with van der Waals surface area (Å²) in [5.41, 5.74) is 6.58. The minimum absolute atomic E-state index is 0.214. The van der Waals surface area contributed by atoms with E-state index in [0.717, 1.165) is 57.0 Å². The standard InChI is InChI=1S/C20H32N4O2/c1-16-7-9-18(10-8-16)26-13-4-3-11-23-20(22-2)24-12-5-6-17(15-24)14-19(21)25/h7-10,17H,3-6,11-15H2,1-2H3,(H2,21,25)(H,22,23). The van der Waals surface area contributed by atoms with Gasteiger partial charge in [0.15, 0.2) is 5.96 Å². The first kappa shape index (κ1) is 20.1. The number of carbonyl (C=O) groups excluding carboxylic acids is 1. The van der Waals surface area contributed by atoms with Crippen molar-refractivity contribution < 1.29 is 9.53 Å². The highest BCUT2D eigenvalue weighted by molar-refractivity contribution is 5.80. The summed E-state index contributed by atoms with van der Waals surface area (Å²) in [5, 5.41) is 3.42. The van der Waals surface area contributed by atoms with Crippen molar-refractivity contribution in [3.63, 3.8) is 0 Å². The van der Waals surface area contributed by atoms with Crippen molar-refractivity contribution in [1.29, 1.82) is 0 Å². The number of guanidine groups is 1. The summed E-state index contributed by atoms with van der Waals surface area (Å²) in [6.07, 6.45) is 4.60. The predicted molar refractivity (Wildman–Crippen MR) is 105 cm³/mol. The number of nitrogens with one attached hydrogen (secondary N) is 1. The fourth-order valence-corrected chi connectivity index (χ4v) is 3.29. The van der Waals surface area contributed by atoms with Gasteiger partial charge in [-0.25, -0.2) is 0 Å². The van der Waals surface area contributed by atoms with Crippen LogP contribution in [0.4, 0.5) is 0 Å². The third-order valence-corrected chi connectivity index (χ3v) is 4.66. The lowest BCUT2D eigenvalue weighted by atomic mass is 9.95. The molecule has 1 aromatic rings. The number of piperidine rings is 1. The van der Waals surface area contributed by atoms with Crippen LogP contribution in [0, 0.1) is 12.8 Å². The van der Waals surface area contributed by atoms with Crippen LogP contribution in [0.5, 0.6) is 5.75 Å². The number of carbonyl (C=O) groups is 1. The van der Waals surface area contributed by atoms with Crippen LogP contribution >= 0.6 is 0 Å². The van der Waals surface area contributed by atoms with Crippen LogP contribution in [0.3, 0.4) is 0 Å². The maximum Gasteiger partial charge on any atom is 0.217 e. The molecule has 1 aliphatic rings. The lowest BCUT2D eigenvalue weighted by Gasteiger charge is -2.34. The molecule has 0 saturated carbocycles. The molecular formula is C20H32N4O2. The predicted octanol–water partition coefficient (Wildman–Crippen LogP) is 2.32. The maximum absolute atomic E-state index is 11.2. The molecule has 2 rings (SSSR count). The molecule has 1 saturated heterocycles. The Bertz CT molecular complexity index is 586. The monoisotopic (exact) mass is 360 g/mol. The van der Waals surface area contributed by atoms with Crippen molar-refractivity contribution in [2.75, 3.05) is 33.3 Å². The summed E-state index contributed by atoms with van der Waals surface area (Å²) in [7, 11) is 1.81. The average molecular weight is 361 g/mol. The number of benzene rings is 1. The fourth-order valence-electron chi connectivity index (χ4n) is 3.29. The van der Waals surface area contributed by atoms with E-state index >= 15 is 0 Å². The molecule has 1 aliphatic heterocycles. The summed E-state index contributed by atoms with van der Waals surface area (Å²) in [5.74, 6) is 1.96. The van der Waals surface area contributed by atoms with Crippen molar-refractivity contribution in [2.24, 2.45) is 16.6 Å². The molecule has 0 radical (unpaired) electrons. The first-order valence-electron chi connectivity index (χ1n) is 9.52. The normalized spacial score (nSPS) is 17.8. The number of hydrogen-bond acceptors (Lipinski definition) is 3. The van der Waals surface area contributed by atoms with E-state index in [4.69, 9.17) is 10.5 Å². The molecule has 0 spiro atoms.